The molecule has 0 bridgehead atoms. The number of hydrogen-bond donors (Lipinski definition) is 1. The molecule has 0 fully saturated rings. The third-order valence-electron chi connectivity index (χ3n) is 1.86. The van der Waals surface area contributed by atoms with Gasteiger partial charge in [-0.3, -0.25) is 4.68 Å². The summed E-state index contributed by atoms with van der Waals surface area (Å²) in [5.74, 6) is 0.652. The fraction of sp³-hybridized carbons (Fsp3) is 0.667. The SMILES string of the molecule is CCn1nc(C)cc1CNCCCl. The van der Waals surface area contributed by atoms with Crippen LogP contribution in [-0.4, -0.2) is 22.2 Å². The summed E-state index contributed by atoms with van der Waals surface area (Å²) < 4.78 is 2.01. The molecule has 0 aliphatic rings. The summed E-state index contributed by atoms with van der Waals surface area (Å²) in [5, 5.41) is 7.60. The van der Waals surface area contributed by atoms with Crippen molar-refractivity contribution in [2.24, 2.45) is 0 Å². The van der Waals surface area contributed by atoms with Gasteiger partial charge in [-0.1, -0.05) is 0 Å². The van der Waals surface area contributed by atoms with Crippen LogP contribution in [0.3, 0.4) is 0 Å². The topological polar surface area (TPSA) is 29.9 Å². The Labute approximate surface area is 84.1 Å². The lowest BCUT2D eigenvalue weighted by Crippen LogP contribution is -2.18. The maximum absolute atomic E-state index is 5.56. The number of alkyl halides is 1. The van der Waals surface area contributed by atoms with E-state index in [-0.39, 0.29) is 0 Å². The van der Waals surface area contributed by atoms with Crippen molar-refractivity contribution in [2.45, 2.75) is 26.9 Å². The van der Waals surface area contributed by atoms with Gasteiger partial charge in [0.25, 0.3) is 0 Å². The first-order valence-electron chi connectivity index (χ1n) is 4.58. The second-order valence-electron chi connectivity index (χ2n) is 2.96. The molecule has 1 N–H and O–H groups in total. The lowest BCUT2D eigenvalue weighted by atomic mass is 10.3. The van der Waals surface area contributed by atoms with Gasteiger partial charge in [-0.05, 0) is 19.9 Å². The van der Waals surface area contributed by atoms with Gasteiger partial charge in [0.1, 0.15) is 0 Å². The summed E-state index contributed by atoms with van der Waals surface area (Å²) in [4.78, 5) is 0. The number of hydrogen-bond acceptors (Lipinski definition) is 2. The molecule has 1 rings (SSSR count). The molecule has 0 aliphatic heterocycles. The zero-order valence-electron chi connectivity index (χ0n) is 8.18. The predicted molar refractivity (Wildman–Crippen MR) is 55.1 cm³/mol. The van der Waals surface area contributed by atoms with Gasteiger partial charge in [-0.15, -0.1) is 11.6 Å². The quantitative estimate of drug-likeness (QED) is 0.579. The molecule has 13 heavy (non-hydrogen) atoms. The third kappa shape index (κ3) is 3.01. The summed E-state index contributed by atoms with van der Waals surface area (Å²) >= 11 is 5.56. The van der Waals surface area contributed by atoms with Crippen molar-refractivity contribution in [3.8, 4) is 0 Å². The van der Waals surface area contributed by atoms with Crippen LogP contribution >= 0.6 is 11.6 Å². The number of nitrogens with one attached hydrogen (secondary N) is 1. The Morgan fingerprint density at radius 3 is 3.00 bits per heavy atom. The molecule has 0 aliphatic carbocycles. The lowest BCUT2D eigenvalue weighted by Gasteiger charge is -2.04. The summed E-state index contributed by atoms with van der Waals surface area (Å²) in [5.41, 5.74) is 2.30. The Kier molecular flexibility index (Phi) is 4.25. The van der Waals surface area contributed by atoms with E-state index < -0.39 is 0 Å². The van der Waals surface area contributed by atoms with Crippen LogP contribution in [0.15, 0.2) is 6.07 Å². The first-order valence-corrected chi connectivity index (χ1v) is 5.11. The van der Waals surface area contributed by atoms with E-state index in [0.29, 0.717) is 5.88 Å². The van der Waals surface area contributed by atoms with Crippen LogP contribution in [0.2, 0.25) is 0 Å². The lowest BCUT2D eigenvalue weighted by molar-refractivity contribution is 0.588. The highest BCUT2D eigenvalue weighted by atomic mass is 35.5. The number of rotatable bonds is 5. The van der Waals surface area contributed by atoms with Crippen LogP contribution in [0.1, 0.15) is 18.3 Å². The Morgan fingerprint density at radius 1 is 1.62 bits per heavy atom. The second-order valence-corrected chi connectivity index (χ2v) is 3.34. The number of aromatic nitrogens is 2. The fourth-order valence-electron chi connectivity index (χ4n) is 1.30. The van der Waals surface area contributed by atoms with Crippen molar-refractivity contribution >= 4 is 11.6 Å². The molecule has 1 aromatic heterocycles. The summed E-state index contributed by atoms with van der Waals surface area (Å²) in [7, 11) is 0. The number of aryl methyl sites for hydroxylation is 2. The molecule has 4 heteroatoms. The third-order valence-corrected chi connectivity index (χ3v) is 2.05. The van der Waals surface area contributed by atoms with E-state index in [1.54, 1.807) is 0 Å². The molecule has 0 spiro atoms. The number of halogens is 1. The molecule has 0 unspecified atom stereocenters. The smallest absolute Gasteiger partial charge is 0.0597 e. The maximum Gasteiger partial charge on any atom is 0.0597 e. The van der Waals surface area contributed by atoms with E-state index in [1.807, 2.05) is 11.6 Å². The van der Waals surface area contributed by atoms with Gasteiger partial charge in [0, 0.05) is 25.5 Å². The fourth-order valence-corrected chi connectivity index (χ4v) is 1.43. The predicted octanol–water partition coefficient (Wildman–Crippen LogP) is 1.54. The van der Waals surface area contributed by atoms with E-state index in [4.69, 9.17) is 11.6 Å². The summed E-state index contributed by atoms with van der Waals surface area (Å²) in [6, 6.07) is 2.10. The Morgan fingerprint density at radius 2 is 2.38 bits per heavy atom. The van der Waals surface area contributed by atoms with Gasteiger partial charge in [0.15, 0.2) is 0 Å². The zero-order chi connectivity index (χ0) is 9.68. The molecule has 74 valence electrons. The maximum atomic E-state index is 5.56. The van der Waals surface area contributed by atoms with Crippen LogP contribution in [0, 0.1) is 6.92 Å². The van der Waals surface area contributed by atoms with Crippen LogP contribution in [-0.2, 0) is 13.1 Å². The Balaban J connectivity index is 2.53. The number of nitrogens with zero attached hydrogens (tertiary/aromatic N) is 2. The standard InChI is InChI=1S/C9H16ClN3/c1-3-13-9(6-8(2)12-13)7-11-5-4-10/h6,11H,3-5,7H2,1-2H3. The van der Waals surface area contributed by atoms with Crippen LogP contribution < -0.4 is 5.32 Å². The summed E-state index contributed by atoms with van der Waals surface area (Å²) in [6.45, 7) is 6.72. The van der Waals surface area contributed by atoms with Crippen molar-refractivity contribution in [3.05, 3.63) is 17.5 Å². The van der Waals surface area contributed by atoms with Gasteiger partial charge in [-0.25, -0.2) is 0 Å². The molecule has 0 aromatic carbocycles. The monoisotopic (exact) mass is 201 g/mol. The second kappa shape index (κ2) is 5.25. The van der Waals surface area contributed by atoms with Crippen molar-refractivity contribution in [1.82, 2.24) is 15.1 Å². The average Bonchev–Trinajstić information content (AvgIpc) is 2.47. The first kappa shape index (κ1) is 10.5. The molecular formula is C9H16ClN3. The van der Waals surface area contributed by atoms with Crippen molar-refractivity contribution < 1.29 is 0 Å². The molecule has 0 radical (unpaired) electrons. The minimum absolute atomic E-state index is 0.652. The van der Waals surface area contributed by atoms with Gasteiger partial charge in [0.2, 0.25) is 0 Å². The van der Waals surface area contributed by atoms with E-state index in [9.17, 15) is 0 Å². The van der Waals surface area contributed by atoms with Gasteiger partial charge in [-0.2, -0.15) is 5.10 Å². The molecule has 0 saturated heterocycles. The molecule has 3 nitrogen and oxygen atoms in total. The highest BCUT2D eigenvalue weighted by molar-refractivity contribution is 6.18. The normalized spacial score (nSPS) is 10.7. The molecule has 0 atom stereocenters. The molecule has 0 amide bonds. The molecular weight excluding hydrogens is 186 g/mol. The minimum atomic E-state index is 0.652. The largest absolute Gasteiger partial charge is 0.310 e. The first-order chi connectivity index (χ1) is 6.27. The van der Waals surface area contributed by atoms with Crippen molar-refractivity contribution in [3.63, 3.8) is 0 Å². The molecule has 1 heterocycles. The van der Waals surface area contributed by atoms with Crippen molar-refractivity contribution in [2.75, 3.05) is 12.4 Å². The molecule has 1 aromatic rings. The van der Waals surface area contributed by atoms with E-state index >= 15 is 0 Å². The van der Waals surface area contributed by atoms with E-state index in [0.717, 1.165) is 25.3 Å². The minimum Gasteiger partial charge on any atom is -0.310 e. The highest BCUT2D eigenvalue weighted by Crippen LogP contribution is 2.02. The Bertz CT molecular complexity index is 257. The van der Waals surface area contributed by atoms with E-state index in [1.165, 1.54) is 5.69 Å². The molecule has 0 saturated carbocycles. The van der Waals surface area contributed by atoms with Crippen LogP contribution in [0.4, 0.5) is 0 Å². The zero-order valence-corrected chi connectivity index (χ0v) is 8.93. The van der Waals surface area contributed by atoms with Gasteiger partial charge in [0.05, 0.1) is 11.4 Å². The van der Waals surface area contributed by atoms with Gasteiger partial charge < -0.3 is 5.32 Å². The van der Waals surface area contributed by atoms with Gasteiger partial charge >= 0.3 is 0 Å². The van der Waals surface area contributed by atoms with Crippen LogP contribution in [0.5, 0.6) is 0 Å². The summed E-state index contributed by atoms with van der Waals surface area (Å²) in [6.07, 6.45) is 0. The van der Waals surface area contributed by atoms with Crippen LogP contribution in [0.25, 0.3) is 0 Å². The Hall–Kier alpha value is -0.540. The average molecular weight is 202 g/mol. The highest BCUT2D eigenvalue weighted by Gasteiger charge is 2.02. The van der Waals surface area contributed by atoms with Crippen molar-refractivity contribution in [1.29, 1.82) is 0 Å². The van der Waals surface area contributed by atoms with E-state index in [2.05, 4.69) is 23.4 Å².